The van der Waals surface area contributed by atoms with Gasteiger partial charge in [0.2, 0.25) is 5.91 Å². The smallest absolute Gasteiger partial charge is 0.224 e. The number of piperidine rings is 1. The first kappa shape index (κ1) is 16.0. The van der Waals surface area contributed by atoms with Gasteiger partial charge in [-0.25, -0.2) is 0 Å². The predicted molar refractivity (Wildman–Crippen MR) is 84.1 cm³/mol. The zero-order valence-corrected chi connectivity index (χ0v) is 13.1. The zero-order chi connectivity index (χ0) is 15.1. The maximum absolute atomic E-state index is 12.1. The first-order valence-corrected chi connectivity index (χ1v) is 7.77. The van der Waals surface area contributed by atoms with E-state index in [2.05, 4.69) is 30.4 Å². The van der Waals surface area contributed by atoms with E-state index < -0.39 is 0 Å². The van der Waals surface area contributed by atoms with E-state index in [1.54, 1.807) is 4.90 Å². The molecule has 0 spiro atoms. The van der Waals surface area contributed by atoms with Gasteiger partial charge in [0.25, 0.3) is 0 Å². The Balaban J connectivity index is 1.69. The van der Waals surface area contributed by atoms with Crippen molar-refractivity contribution < 1.29 is 9.53 Å². The van der Waals surface area contributed by atoms with Crippen molar-refractivity contribution >= 4 is 5.91 Å². The third-order valence-corrected chi connectivity index (χ3v) is 3.88. The van der Waals surface area contributed by atoms with E-state index in [4.69, 9.17) is 4.74 Å². The van der Waals surface area contributed by atoms with Crippen LogP contribution in [-0.2, 0) is 16.1 Å². The number of rotatable bonds is 6. The average Bonchev–Trinajstić information content (AvgIpc) is 2.48. The summed E-state index contributed by atoms with van der Waals surface area (Å²) in [4.78, 5) is 13.9. The molecule has 0 atom stereocenters. The quantitative estimate of drug-likeness (QED) is 0.872. The molecule has 4 heteroatoms. The lowest BCUT2D eigenvalue weighted by atomic mass is 10.1. The van der Waals surface area contributed by atoms with Crippen molar-refractivity contribution in [3.63, 3.8) is 0 Å². The highest BCUT2D eigenvalue weighted by Crippen LogP contribution is 2.10. The number of nitrogens with zero attached hydrogens (tertiary/aromatic N) is 1. The van der Waals surface area contributed by atoms with E-state index in [-0.39, 0.29) is 5.91 Å². The van der Waals surface area contributed by atoms with E-state index >= 15 is 0 Å². The molecule has 2 rings (SSSR count). The molecule has 0 aliphatic carbocycles. The van der Waals surface area contributed by atoms with Crippen molar-refractivity contribution in [2.24, 2.45) is 0 Å². The molecule has 116 valence electrons. The van der Waals surface area contributed by atoms with Crippen LogP contribution < -0.4 is 5.32 Å². The third kappa shape index (κ3) is 5.48. The third-order valence-electron chi connectivity index (χ3n) is 3.88. The van der Waals surface area contributed by atoms with Crippen molar-refractivity contribution in [3.05, 3.63) is 35.4 Å². The highest BCUT2D eigenvalue weighted by atomic mass is 16.5. The van der Waals surface area contributed by atoms with E-state index in [1.165, 1.54) is 11.1 Å². The summed E-state index contributed by atoms with van der Waals surface area (Å²) in [6.07, 6.45) is 2.88. The molecule has 0 aromatic heterocycles. The number of hydrogen-bond acceptors (Lipinski definition) is 3. The molecule has 1 aliphatic rings. The molecule has 1 aromatic rings. The van der Waals surface area contributed by atoms with Gasteiger partial charge in [-0.05, 0) is 38.4 Å². The lowest BCUT2D eigenvalue weighted by Gasteiger charge is -2.23. The Morgan fingerprint density at radius 2 is 2.14 bits per heavy atom. The topological polar surface area (TPSA) is 41.6 Å². The van der Waals surface area contributed by atoms with E-state index in [1.807, 2.05) is 13.1 Å². The van der Waals surface area contributed by atoms with Crippen LogP contribution in [0.15, 0.2) is 24.3 Å². The van der Waals surface area contributed by atoms with Gasteiger partial charge in [-0.2, -0.15) is 0 Å². The van der Waals surface area contributed by atoms with Gasteiger partial charge in [0.05, 0.1) is 19.1 Å². The lowest BCUT2D eigenvalue weighted by molar-refractivity contribution is -0.132. The van der Waals surface area contributed by atoms with Gasteiger partial charge >= 0.3 is 0 Å². The molecule has 1 amide bonds. The molecule has 1 aliphatic heterocycles. The van der Waals surface area contributed by atoms with Gasteiger partial charge < -0.3 is 15.0 Å². The minimum Gasteiger partial charge on any atom is -0.378 e. The fourth-order valence-corrected chi connectivity index (χ4v) is 2.64. The van der Waals surface area contributed by atoms with Gasteiger partial charge in [0, 0.05) is 13.6 Å². The van der Waals surface area contributed by atoms with Crippen LogP contribution in [-0.4, -0.2) is 43.7 Å². The summed E-state index contributed by atoms with van der Waals surface area (Å²) in [6.45, 7) is 5.30. The molecule has 4 nitrogen and oxygen atoms in total. The molecule has 1 fully saturated rings. The van der Waals surface area contributed by atoms with Gasteiger partial charge in [0.1, 0.15) is 0 Å². The summed E-state index contributed by atoms with van der Waals surface area (Å²) in [7, 11) is 1.86. The van der Waals surface area contributed by atoms with Crippen molar-refractivity contribution in [1.82, 2.24) is 10.2 Å². The minimum atomic E-state index is 0.144. The van der Waals surface area contributed by atoms with Crippen LogP contribution >= 0.6 is 0 Å². The molecule has 1 saturated heterocycles. The highest BCUT2D eigenvalue weighted by molar-refractivity contribution is 5.75. The number of carbonyl (C=O) groups excluding carboxylic acids is 1. The Hall–Kier alpha value is -1.39. The molecule has 0 unspecified atom stereocenters. The Kier molecular flexibility index (Phi) is 6.21. The first-order chi connectivity index (χ1) is 10.1. The van der Waals surface area contributed by atoms with Gasteiger partial charge in [0.15, 0.2) is 0 Å². The summed E-state index contributed by atoms with van der Waals surface area (Å²) in [5.41, 5.74) is 2.40. The second-order valence-electron chi connectivity index (χ2n) is 5.81. The van der Waals surface area contributed by atoms with Crippen molar-refractivity contribution in [2.75, 3.05) is 26.7 Å². The van der Waals surface area contributed by atoms with E-state index in [9.17, 15) is 4.79 Å². The number of aryl methyl sites for hydroxylation is 1. The summed E-state index contributed by atoms with van der Waals surface area (Å²) < 4.78 is 5.79. The van der Waals surface area contributed by atoms with Gasteiger partial charge in [-0.1, -0.05) is 29.8 Å². The van der Waals surface area contributed by atoms with Crippen molar-refractivity contribution in [2.45, 2.75) is 38.8 Å². The Morgan fingerprint density at radius 1 is 1.38 bits per heavy atom. The molecule has 0 saturated carbocycles. The number of benzene rings is 1. The molecule has 0 bridgehead atoms. The van der Waals surface area contributed by atoms with Crippen LogP contribution in [0.25, 0.3) is 0 Å². The molecule has 1 heterocycles. The second-order valence-corrected chi connectivity index (χ2v) is 5.81. The molecule has 1 aromatic carbocycles. The fourth-order valence-electron chi connectivity index (χ4n) is 2.64. The largest absolute Gasteiger partial charge is 0.378 e. The van der Waals surface area contributed by atoms with Crippen molar-refractivity contribution in [1.29, 1.82) is 0 Å². The standard InChI is InChI=1S/C17H26N2O2/c1-14-4-3-5-15(12-14)13-19(2)17(20)8-11-21-16-6-9-18-10-7-16/h3-5,12,16,18H,6-11,13H2,1-2H3. The monoisotopic (exact) mass is 290 g/mol. The Morgan fingerprint density at radius 3 is 2.86 bits per heavy atom. The maximum Gasteiger partial charge on any atom is 0.224 e. The average molecular weight is 290 g/mol. The lowest BCUT2D eigenvalue weighted by Crippen LogP contribution is -2.33. The molecular weight excluding hydrogens is 264 g/mol. The number of hydrogen-bond donors (Lipinski definition) is 1. The zero-order valence-electron chi connectivity index (χ0n) is 13.1. The number of nitrogens with one attached hydrogen (secondary N) is 1. The van der Waals surface area contributed by atoms with Crippen LogP contribution in [0, 0.1) is 6.92 Å². The van der Waals surface area contributed by atoms with Crippen LogP contribution in [0.3, 0.4) is 0 Å². The molecule has 0 radical (unpaired) electrons. The Bertz CT molecular complexity index is 456. The number of carbonyl (C=O) groups is 1. The van der Waals surface area contributed by atoms with Crippen LogP contribution in [0.2, 0.25) is 0 Å². The molecular formula is C17H26N2O2. The van der Waals surface area contributed by atoms with E-state index in [0.717, 1.165) is 25.9 Å². The highest BCUT2D eigenvalue weighted by Gasteiger charge is 2.15. The Labute approximate surface area is 127 Å². The maximum atomic E-state index is 12.1. The first-order valence-electron chi connectivity index (χ1n) is 7.77. The molecule has 21 heavy (non-hydrogen) atoms. The number of ether oxygens (including phenoxy) is 1. The predicted octanol–water partition coefficient (Wildman–Crippen LogP) is 2.11. The summed E-state index contributed by atoms with van der Waals surface area (Å²) in [6, 6.07) is 8.28. The van der Waals surface area contributed by atoms with E-state index in [0.29, 0.717) is 25.7 Å². The number of amides is 1. The van der Waals surface area contributed by atoms with Crippen LogP contribution in [0.1, 0.15) is 30.4 Å². The minimum absolute atomic E-state index is 0.144. The fraction of sp³-hybridized carbons (Fsp3) is 0.588. The van der Waals surface area contributed by atoms with Crippen LogP contribution in [0.4, 0.5) is 0 Å². The van der Waals surface area contributed by atoms with Crippen molar-refractivity contribution in [3.8, 4) is 0 Å². The van der Waals surface area contributed by atoms with Gasteiger partial charge in [-0.15, -0.1) is 0 Å². The summed E-state index contributed by atoms with van der Waals surface area (Å²) in [5.74, 6) is 0.144. The SMILES string of the molecule is Cc1cccc(CN(C)C(=O)CCOC2CCNCC2)c1. The summed E-state index contributed by atoms with van der Waals surface area (Å²) >= 11 is 0. The molecule has 1 N–H and O–H groups in total. The van der Waals surface area contributed by atoms with Gasteiger partial charge in [-0.3, -0.25) is 4.79 Å². The normalized spacial score (nSPS) is 15.9. The van der Waals surface area contributed by atoms with Crippen LogP contribution in [0.5, 0.6) is 0 Å². The summed E-state index contributed by atoms with van der Waals surface area (Å²) in [5, 5.41) is 3.31. The second kappa shape index (κ2) is 8.15.